The molecule has 30 heavy (non-hydrogen) atoms. The summed E-state index contributed by atoms with van der Waals surface area (Å²) in [5.41, 5.74) is 0.634. The molecular weight excluding hydrogens is 393 g/mol. The van der Waals surface area contributed by atoms with E-state index < -0.39 is 17.5 Å². The van der Waals surface area contributed by atoms with E-state index in [9.17, 15) is 13.2 Å². The zero-order chi connectivity index (χ0) is 21.5. The topological polar surface area (TPSA) is 27.7 Å². The molecule has 1 aliphatic heterocycles. The Morgan fingerprint density at radius 3 is 2.63 bits per heavy atom. The van der Waals surface area contributed by atoms with Crippen LogP contribution in [0.15, 0.2) is 43.0 Å². The third kappa shape index (κ3) is 5.24. The van der Waals surface area contributed by atoms with Crippen LogP contribution in [-0.2, 0) is 9.47 Å². The molecule has 2 aromatic rings. The molecule has 0 spiro atoms. The van der Waals surface area contributed by atoms with Crippen molar-refractivity contribution >= 4 is 0 Å². The summed E-state index contributed by atoms with van der Waals surface area (Å²) in [6, 6.07) is 7.07. The highest BCUT2D eigenvalue weighted by Crippen LogP contribution is 2.35. The quantitative estimate of drug-likeness (QED) is 0.348. The van der Waals surface area contributed by atoms with Crippen molar-refractivity contribution in [2.45, 2.75) is 44.8 Å². The van der Waals surface area contributed by atoms with Crippen molar-refractivity contribution in [3.63, 3.8) is 0 Å². The van der Waals surface area contributed by atoms with Crippen LogP contribution < -0.4 is 4.74 Å². The Kier molecular flexibility index (Phi) is 7.94. The molecule has 0 N–H and O–H groups in total. The molecule has 0 saturated carbocycles. The Labute approximate surface area is 175 Å². The van der Waals surface area contributed by atoms with Crippen molar-refractivity contribution in [3.8, 4) is 16.9 Å². The summed E-state index contributed by atoms with van der Waals surface area (Å²) in [7, 11) is 0. The minimum Gasteiger partial charge on any atom is -0.486 e. The second-order valence-corrected chi connectivity index (χ2v) is 7.32. The first-order chi connectivity index (χ1) is 14.5. The van der Waals surface area contributed by atoms with Gasteiger partial charge in [-0.2, -0.15) is 4.39 Å². The lowest BCUT2D eigenvalue weighted by molar-refractivity contribution is -0.0880. The molecule has 0 aromatic heterocycles. The largest absolute Gasteiger partial charge is 0.486 e. The van der Waals surface area contributed by atoms with Crippen LogP contribution in [0.3, 0.4) is 0 Å². The van der Waals surface area contributed by atoms with Crippen molar-refractivity contribution in [2.75, 3.05) is 19.8 Å². The van der Waals surface area contributed by atoms with Gasteiger partial charge < -0.3 is 14.2 Å². The first-order valence-electron chi connectivity index (χ1n) is 10.3. The molecule has 162 valence electrons. The highest BCUT2D eigenvalue weighted by atomic mass is 19.2. The van der Waals surface area contributed by atoms with Crippen molar-refractivity contribution in [1.29, 1.82) is 0 Å². The van der Waals surface area contributed by atoms with Gasteiger partial charge >= 0.3 is 0 Å². The van der Waals surface area contributed by atoms with E-state index in [1.54, 1.807) is 12.1 Å². The van der Waals surface area contributed by atoms with Gasteiger partial charge in [-0.15, -0.1) is 0 Å². The van der Waals surface area contributed by atoms with Gasteiger partial charge in [0.2, 0.25) is 5.82 Å². The number of unbranched alkanes of at least 4 members (excludes halogenated alkanes) is 1. The summed E-state index contributed by atoms with van der Waals surface area (Å²) in [4.78, 5) is 0. The van der Waals surface area contributed by atoms with E-state index >= 15 is 0 Å². The van der Waals surface area contributed by atoms with Crippen molar-refractivity contribution < 1.29 is 27.4 Å². The smallest absolute Gasteiger partial charge is 0.201 e. The van der Waals surface area contributed by atoms with Crippen LogP contribution in [0.2, 0.25) is 0 Å². The molecule has 1 aliphatic rings. The van der Waals surface area contributed by atoms with Gasteiger partial charge in [0.05, 0.1) is 18.8 Å². The zero-order valence-corrected chi connectivity index (χ0v) is 17.1. The predicted octanol–water partition coefficient (Wildman–Crippen LogP) is 6.37. The fraction of sp³-hybridized carbons (Fsp3) is 0.417. The maximum Gasteiger partial charge on any atom is 0.201 e. The van der Waals surface area contributed by atoms with E-state index in [0.29, 0.717) is 25.2 Å². The second kappa shape index (κ2) is 10.6. The van der Waals surface area contributed by atoms with Crippen molar-refractivity contribution in [2.24, 2.45) is 0 Å². The van der Waals surface area contributed by atoms with E-state index in [4.69, 9.17) is 14.2 Å². The first kappa shape index (κ1) is 22.4. The Bertz CT molecular complexity index is 861. The van der Waals surface area contributed by atoms with Gasteiger partial charge in [-0.1, -0.05) is 38.1 Å². The summed E-state index contributed by atoms with van der Waals surface area (Å²) < 4.78 is 60.2. The summed E-state index contributed by atoms with van der Waals surface area (Å²) in [5, 5.41) is 0. The number of halogens is 3. The van der Waals surface area contributed by atoms with Crippen molar-refractivity contribution in [1.82, 2.24) is 0 Å². The molecule has 0 radical (unpaired) electrons. The van der Waals surface area contributed by atoms with Gasteiger partial charge in [0, 0.05) is 17.7 Å². The third-order valence-corrected chi connectivity index (χ3v) is 5.15. The molecule has 6 heteroatoms. The number of ether oxygens (including phenoxy) is 3. The van der Waals surface area contributed by atoms with Gasteiger partial charge in [-0.25, -0.2) is 8.78 Å². The van der Waals surface area contributed by atoms with Crippen LogP contribution in [0, 0.1) is 17.5 Å². The molecule has 2 unspecified atom stereocenters. The molecule has 3 rings (SSSR count). The van der Waals surface area contributed by atoms with E-state index in [0.717, 1.165) is 19.3 Å². The van der Waals surface area contributed by atoms with Crippen LogP contribution in [-0.4, -0.2) is 25.9 Å². The molecule has 2 atom stereocenters. The van der Waals surface area contributed by atoms with Crippen LogP contribution in [0.25, 0.3) is 11.1 Å². The fourth-order valence-electron chi connectivity index (χ4n) is 3.47. The SMILES string of the molecule is C=CCOc1ccc(-c2ccc(C3CCC(OCCCC)CO3)c(F)c2)c(F)c1F. The van der Waals surface area contributed by atoms with E-state index in [1.807, 2.05) is 0 Å². The van der Waals surface area contributed by atoms with Crippen LogP contribution in [0.1, 0.15) is 44.3 Å². The number of rotatable bonds is 9. The maximum atomic E-state index is 14.8. The average Bonchev–Trinajstić information content (AvgIpc) is 2.75. The normalized spacial score (nSPS) is 18.9. The zero-order valence-electron chi connectivity index (χ0n) is 17.1. The first-order valence-corrected chi connectivity index (χ1v) is 10.3. The summed E-state index contributed by atoms with van der Waals surface area (Å²) in [5.74, 6) is -2.90. The lowest BCUT2D eigenvalue weighted by atomic mass is 9.96. The Hall–Kier alpha value is -2.31. The summed E-state index contributed by atoms with van der Waals surface area (Å²) >= 11 is 0. The van der Waals surface area contributed by atoms with E-state index in [1.165, 1.54) is 24.3 Å². The van der Waals surface area contributed by atoms with Gasteiger partial charge in [-0.05, 0) is 43.0 Å². The fourth-order valence-corrected chi connectivity index (χ4v) is 3.47. The highest BCUT2D eigenvalue weighted by Gasteiger charge is 2.26. The van der Waals surface area contributed by atoms with Crippen molar-refractivity contribution in [3.05, 3.63) is 66.0 Å². The van der Waals surface area contributed by atoms with Gasteiger partial charge in [0.1, 0.15) is 12.4 Å². The summed E-state index contributed by atoms with van der Waals surface area (Å²) in [6.45, 7) is 6.76. The second-order valence-electron chi connectivity index (χ2n) is 7.32. The Balaban J connectivity index is 1.70. The molecular formula is C24H27F3O3. The molecule has 1 heterocycles. The molecule has 0 amide bonds. The standard InChI is InChI=1S/C24H27F3O3/c1-3-5-13-28-17-7-10-21(30-15-17)19-8-6-16(14-20(19)25)18-9-11-22(29-12-4-2)24(27)23(18)26/h4,6,8-9,11,14,17,21H,2-3,5,7,10,12-13,15H2,1H3. The number of hydrogen-bond acceptors (Lipinski definition) is 3. The summed E-state index contributed by atoms with van der Waals surface area (Å²) in [6.07, 6.45) is 4.62. The highest BCUT2D eigenvalue weighted by molar-refractivity contribution is 5.66. The molecule has 3 nitrogen and oxygen atoms in total. The Morgan fingerprint density at radius 2 is 1.97 bits per heavy atom. The third-order valence-electron chi connectivity index (χ3n) is 5.15. The monoisotopic (exact) mass is 420 g/mol. The Morgan fingerprint density at radius 1 is 1.13 bits per heavy atom. The lowest BCUT2D eigenvalue weighted by Gasteiger charge is -2.29. The predicted molar refractivity (Wildman–Crippen MR) is 110 cm³/mol. The lowest BCUT2D eigenvalue weighted by Crippen LogP contribution is -2.28. The molecule has 1 saturated heterocycles. The molecule has 0 bridgehead atoms. The molecule has 1 fully saturated rings. The van der Waals surface area contributed by atoms with Gasteiger partial charge in [0.15, 0.2) is 11.6 Å². The number of benzene rings is 2. The van der Waals surface area contributed by atoms with Crippen LogP contribution >= 0.6 is 0 Å². The maximum absolute atomic E-state index is 14.8. The minimum atomic E-state index is -1.11. The minimum absolute atomic E-state index is 0.0298. The average molecular weight is 420 g/mol. The van der Waals surface area contributed by atoms with Crippen LogP contribution in [0.5, 0.6) is 5.75 Å². The van der Waals surface area contributed by atoms with Gasteiger partial charge in [-0.3, -0.25) is 0 Å². The van der Waals surface area contributed by atoms with E-state index in [-0.39, 0.29) is 35.7 Å². The number of hydrogen-bond donors (Lipinski definition) is 0. The molecule has 0 aliphatic carbocycles. The van der Waals surface area contributed by atoms with Crippen LogP contribution in [0.4, 0.5) is 13.2 Å². The molecule has 2 aromatic carbocycles. The van der Waals surface area contributed by atoms with E-state index in [2.05, 4.69) is 13.5 Å². The van der Waals surface area contributed by atoms with Gasteiger partial charge in [0.25, 0.3) is 0 Å².